The number of benzene rings is 1. The van der Waals surface area contributed by atoms with Crippen molar-refractivity contribution in [2.24, 2.45) is 5.92 Å². The minimum Gasteiger partial charge on any atom is -0.496 e. The van der Waals surface area contributed by atoms with E-state index in [0.29, 0.717) is 12.5 Å². The molecule has 2 rings (SSSR count). The van der Waals surface area contributed by atoms with Gasteiger partial charge in [0, 0.05) is 6.54 Å². The highest BCUT2D eigenvalue weighted by molar-refractivity contribution is 5.44. The van der Waals surface area contributed by atoms with E-state index in [0.717, 1.165) is 35.3 Å². The summed E-state index contributed by atoms with van der Waals surface area (Å²) in [4.78, 5) is 2.07. The van der Waals surface area contributed by atoms with Crippen molar-refractivity contribution < 1.29 is 9.84 Å². The highest BCUT2D eigenvalue weighted by atomic mass is 16.5. The summed E-state index contributed by atoms with van der Waals surface area (Å²) in [6, 6.07) is 4.13. The van der Waals surface area contributed by atoms with Gasteiger partial charge in [-0.3, -0.25) is 0 Å². The Labute approximate surface area is 116 Å². The minimum absolute atomic E-state index is 0.390. The highest BCUT2D eigenvalue weighted by Crippen LogP contribution is 2.47. The number of ether oxygens (including phenoxy) is 1. The van der Waals surface area contributed by atoms with E-state index in [2.05, 4.69) is 17.9 Å². The van der Waals surface area contributed by atoms with Crippen molar-refractivity contribution in [2.45, 2.75) is 32.3 Å². The minimum atomic E-state index is -0.732. The molecule has 1 fully saturated rings. The van der Waals surface area contributed by atoms with Gasteiger partial charge in [0.1, 0.15) is 11.4 Å². The van der Waals surface area contributed by atoms with Gasteiger partial charge in [-0.05, 0) is 75.5 Å². The van der Waals surface area contributed by atoms with Gasteiger partial charge in [0.15, 0.2) is 0 Å². The van der Waals surface area contributed by atoms with Crippen molar-refractivity contribution in [1.82, 2.24) is 4.90 Å². The van der Waals surface area contributed by atoms with Gasteiger partial charge in [-0.25, -0.2) is 0 Å². The van der Waals surface area contributed by atoms with Crippen LogP contribution in [0.1, 0.15) is 29.5 Å². The topological polar surface area (TPSA) is 32.7 Å². The number of nitrogens with zero attached hydrogens (tertiary/aromatic N) is 1. The average molecular weight is 263 g/mol. The molecule has 0 amide bonds. The summed E-state index contributed by atoms with van der Waals surface area (Å²) >= 11 is 0. The highest BCUT2D eigenvalue weighted by Gasteiger charge is 2.46. The smallest absolute Gasteiger partial charge is 0.122 e. The fourth-order valence-electron chi connectivity index (χ4n) is 2.95. The van der Waals surface area contributed by atoms with Crippen LogP contribution in [0.4, 0.5) is 0 Å². The number of hydrogen-bond donors (Lipinski definition) is 1. The first-order valence-corrected chi connectivity index (χ1v) is 6.91. The van der Waals surface area contributed by atoms with Gasteiger partial charge in [0.2, 0.25) is 0 Å². The Bertz CT molecular complexity index is 466. The molecule has 3 nitrogen and oxygen atoms in total. The van der Waals surface area contributed by atoms with Crippen molar-refractivity contribution in [3.05, 3.63) is 28.8 Å². The molecule has 1 aromatic rings. The zero-order chi connectivity index (χ0) is 14.2. The Kier molecular flexibility index (Phi) is 3.88. The van der Waals surface area contributed by atoms with Crippen LogP contribution in [0.5, 0.6) is 5.75 Å². The first-order chi connectivity index (χ1) is 8.88. The van der Waals surface area contributed by atoms with E-state index < -0.39 is 5.60 Å². The van der Waals surface area contributed by atoms with Gasteiger partial charge in [0.25, 0.3) is 0 Å². The van der Waals surface area contributed by atoms with Crippen molar-refractivity contribution in [2.75, 3.05) is 27.7 Å². The molecule has 1 aliphatic rings. The summed E-state index contributed by atoms with van der Waals surface area (Å²) in [5, 5.41) is 11.2. The summed E-state index contributed by atoms with van der Waals surface area (Å²) in [5.74, 6) is 1.28. The zero-order valence-corrected chi connectivity index (χ0v) is 12.7. The molecule has 0 bridgehead atoms. The molecule has 0 radical (unpaired) electrons. The van der Waals surface area contributed by atoms with E-state index >= 15 is 0 Å². The maximum absolute atomic E-state index is 11.2. The molecule has 0 aliphatic heterocycles. The summed E-state index contributed by atoms with van der Waals surface area (Å²) in [6.45, 7) is 4.76. The average Bonchev–Trinajstić information content (AvgIpc) is 3.14. The number of methoxy groups -OCH3 is 1. The molecular weight excluding hydrogens is 238 g/mol. The van der Waals surface area contributed by atoms with Crippen LogP contribution in [0.25, 0.3) is 0 Å². The third-order valence-corrected chi connectivity index (χ3v) is 4.02. The molecule has 0 heterocycles. The Morgan fingerprint density at radius 2 is 1.89 bits per heavy atom. The van der Waals surface area contributed by atoms with Crippen molar-refractivity contribution in [1.29, 1.82) is 0 Å². The summed E-state index contributed by atoms with van der Waals surface area (Å²) in [7, 11) is 5.71. The third-order valence-electron chi connectivity index (χ3n) is 4.02. The van der Waals surface area contributed by atoms with Crippen molar-refractivity contribution in [3.8, 4) is 5.75 Å². The second-order valence-electron chi connectivity index (χ2n) is 6.07. The molecule has 1 aromatic carbocycles. The molecule has 1 aliphatic carbocycles. The summed E-state index contributed by atoms with van der Waals surface area (Å²) in [6.07, 6.45) is 2.24. The Hall–Kier alpha value is -1.06. The predicted octanol–water partition coefficient (Wildman–Crippen LogP) is 2.47. The maximum atomic E-state index is 11.2. The molecule has 0 aromatic heterocycles. The number of hydrogen-bond acceptors (Lipinski definition) is 3. The number of rotatable bonds is 5. The quantitative estimate of drug-likeness (QED) is 0.886. The molecule has 1 atom stereocenters. The maximum Gasteiger partial charge on any atom is 0.122 e. The lowest BCUT2D eigenvalue weighted by Crippen LogP contribution is -2.40. The SMILES string of the molecule is COc1cc(C)c(C(O)(CN(C)C)C2CC2)cc1C. The molecule has 1 N–H and O–H groups in total. The normalized spacial score (nSPS) is 18.5. The lowest BCUT2D eigenvalue weighted by Gasteiger charge is -2.33. The van der Waals surface area contributed by atoms with Crippen LogP contribution in [0.15, 0.2) is 12.1 Å². The van der Waals surface area contributed by atoms with Crippen LogP contribution in [-0.4, -0.2) is 37.8 Å². The fourth-order valence-corrected chi connectivity index (χ4v) is 2.95. The molecule has 0 saturated heterocycles. The van der Waals surface area contributed by atoms with E-state index in [1.54, 1.807) is 7.11 Å². The number of aryl methyl sites for hydroxylation is 2. The number of likely N-dealkylation sites (N-methyl/N-ethyl adjacent to an activating group) is 1. The first kappa shape index (κ1) is 14.4. The lowest BCUT2D eigenvalue weighted by atomic mass is 9.84. The van der Waals surface area contributed by atoms with Gasteiger partial charge in [-0.2, -0.15) is 0 Å². The standard InChI is InChI=1S/C16H25NO2/c1-11-9-15(19-5)12(2)8-14(11)16(18,10-17(3)4)13-6-7-13/h8-9,13,18H,6-7,10H2,1-5H3. The van der Waals surface area contributed by atoms with Gasteiger partial charge in [-0.1, -0.05) is 0 Å². The van der Waals surface area contributed by atoms with Crippen LogP contribution in [0.3, 0.4) is 0 Å². The van der Waals surface area contributed by atoms with Crippen molar-refractivity contribution >= 4 is 0 Å². The first-order valence-electron chi connectivity index (χ1n) is 6.91. The van der Waals surface area contributed by atoms with Crippen LogP contribution in [0, 0.1) is 19.8 Å². The summed E-state index contributed by atoms with van der Waals surface area (Å²) < 4.78 is 5.36. The van der Waals surface area contributed by atoms with E-state index in [4.69, 9.17) is 4.74 Å². The molecule has 0 spiro atoms. The van der Waals surface area contributed by atoms with Gasteiger partial charge in [-0.15, -0.1) is 0 Å². The zero-order valence-electron chi connectivity index (χ0n) is 12.7. The predicted molar refractivity (Wildman–Crippen MR) is 77.6 cm³/mol. The molecule has 1 unspecified atom stereocenters. The second-order valence-corrected chi connectivity index (χ2v) is 6.07. The largest absolute Gasteiger partial charge is 0.496 e. The molecular formula is C16H25NO2. The summed E-state index contributed by atoms with van der Waals surface area (Å²) in [5.41, 5.74) is 2.52. The lowest BCUT2D eigenvalue weighted by molar-refractivity contribution is -0.0106. The van der Waals surface area contributed by atoms with E-state index in [9.17, 15) is 5.11 Å². The van der Waals surface area contributed by atoms with Crippen LogP contribution in [0.2, 0.25) is 0 Å². The Morgan fingerprint density at radius 1 is 1.26 bits per heavy atom. The van der Waals surface area contributed by atoms with E-state index in [1.165, 1.54) is 0 Å². The van der Waals surface area contributed by atoms with E-state index in [1.807, 2.05) is 27.1 Å². The Balaban J connectivity index is 2.45. The fraction of sp³-hybridized carbons (Fsp3) is 0.625. The molecule has 3 heteroatoms. The van der Waals surface area contributed by atoms with E-state index in [-0.39, 0.29) is 0 Å². The Morgan fingerprint density at radius 3 is 2.37 bits per heavy atom. The monoisotopic (exact) mass is 263 g/mol. The van der Waals surface area contributed by atoms with Crippen LogP contribution >= 0.6 is 0 Å². The van der Waals surface area contributed by atoms with Crippen LogP contribution in [-0.2, 0) is 5.60 Å². The molecule has 19 heavy (non-hydrogen) atoms. The van der Waals surface area contributed by atoms with Crippen LogP contribution < -0.4 is 4.74 Å². The van der Waals surface area contributed by atoms with Gasteiger partial charge >= 0.3 is 0 Å². The van der Waals surface area contributed by atoms with Crippen molar-refractivity contribution in [3.63, 3.8) is 0 Å². The second kappa shape index (κ2) is 5.14. The molecule has 106 valence electrons. The molecule has 1 saturated carbocycles. The van der Waals surface area contributed by atoms with Gasteiger partial charge in [0.05, 0.1) is 7.11 Å². The number of aliphatic hydroxyl groups is 1. The third kappa shape index (κ3) is 2.77. The van der Waals surface area contributed by atoms with Gasteiger partial charge < -0.3 is 14.7 Å².